The first-order chi connectivity index (χ1) is 14.5. The Kier molecular flexibility index (Phi) is 5.79. The number of fused-ring (bicyclic) bond motifs is 1. The molecular formula is C23H28N2O5. The molecule has 7 nitrogen and oxygen atoms in total. The van der Waals surface area contributed by atoms with Crippen LogP contribution in [0.5, 0.6) is 5.88 Å². The van der Waals surface area contributed by atoms with E-state index in [2.05, 4.69) is 0 Å². The molecule has 1 aromatic carbocycles. The van der Waals surface area contributed by atoms with Crippen molar-refractivity contribution in [1.82, 2.24) is 9.13 Å². The first-order valence-electron chi connectivity index (χ1n) is 10.8. The highest BCUT2D eigenvalue weighted by Crippen LogP contribution is 2.40. The van der Waals surface area contributed by atoms with Gasteiger partial charge < -0.3 is 9.47 Å². The first-order valence-corrected chi connectivity index (χ1v) is 10.8. The lowest BCUT2D eigenvalue weighted by atomic mass is 9.87. The minimum atomic E-state index is -0.648. The zero-order valence-corrected chi connectivity index (χ0v) is 17.5. The molecule has 0 N–H and O–H groups in total. The second-order valence-electron chi connectivity index (χ2n) is 8.10. The Bertz CT molecular complexity index is 1030. The molecule has 2 aliphatic rings. The summed E-state index contributed by atoms with van der Waals surface area (Å²) in [5.41, 5.74) is 0.451. The summed E-state index contributed by atoms with van der Waals surface area (Å²) in [6.45, 7) is 2.01. The maximum atomic E-state index is 13.1. The zero-order chi connectivity index (χ0) is 21.3. The van der Waals surface area contributed by atoms with Crippen LogP contribution < -0.4 is 16.0 Å². The molecule has 0 radical (unpaired) electrons. The van der Waals surface area contributed by atoms with Crippen LogP contribution in [0.2, 0.25) is 0 Å². The molecule has 0 saturated heterocycles. The Balaban J connectivity index is 1.87. The lowest BCUT2D eigenvalue weighted by Gasteiger charge is -2.35. The molecule has 0 bridgehead atoms. The van der Waals surface area contributed by atoms with E-state index in [4.69, 9.17) is 9.47 Å². The summed E-state index contributed by atoms with van der Waals surface area (Å²) < 4.78 is 14.4. The average molecular weight is 412 g/mol. The molecule has 0 unspecified atom stereocenters. The molecule has 2 atom stereocenters. The lowest BCUT2D eigenvalue weighted by Crippen LogP contribution is -2.46. The van der Waals surface area contributed by atoms with Crippen molar-refractivity contribution in [2.75, 3.05) is 6.61 Å². The minimum absolute atomic E-state index is 0.00219. The minimum Gasteiger partial charge on any atom is -0.469 e. The Morgan fingerprint density at radius 2 is 1.83 bits per heavy atom. The van der Waals surface area contributed by atoms with Gasteiger partial charge in [-0.3, -0.25) is 18.7 Å². The second-order valence-corrected chi connectivity index (χ2v) is 8.10. The number of aromatic nitrogens is 2. The molecule has 4 rings (SSSR count). The van der Waals surface area contributed by atoms with Crippen molar-refractivity contribution < 1.29 is 14.3 Å². The fourth-order valence-electron chi connectivity index (χ4n) is 4.67. The summed E-state index contributed by atoms with van der Waals surface area (Å²) in [4.78, 5) is 38.8. The topological polar surface area (TPSA) is 79.5 Å². The molecule has 7 heteroatoms. The highest BCUT2D eigenvalue weighted by atomic mass is 16.5. The number of esters is 1. The summed E-state index contributed by atoms with van der Waals surface area (Å²) in [6, 6.07) is 9.46. The van der Waals surface area contributed by atoms with Crippen LogP contribution in [0.3, 0.4) is 0 Å². The number of carbonyl (C=O) groups is 1. The normalized spacial score (nSPS) is 21.5. The van der Waals surface area contributed by atoms with Gasteiger partial charge in [0.15, 0.2) is 0 Å². The van der Waals surface area contributed by atoms with Crippen LogP contribution in [0.25, 0.3) is 0 Å². The number of benzene rings is 1. The van der Waals surface area contributed by atoms with Gasteiger partial charge in [-0.25, -0.2) is 4.79 Å². The Morgan fingerprint density at radius 1 is 1.13 bits per heavy atom. The Labute approximate surface area is 175 Å². The van der Waals surface area contributed by atoms with Gasteiger partial charge in [-0.1, -0.05) is 49.6 Å². The molecule has 0 amide bonds. The number of hydrogen-bond donors (Lipinski definition) is 0. The van der Waals surface area contributed by atoms with E-state index in [-0.39, 0.29) is 24.8 Å². The van der Waals surface area contributed by atoms with Crippen molar-refractivity contribution >= 4 is 5.97 Å². The highest BCUT2D eigenvalue weighted by molar-refractivity contribution is 5.74. The van der Waals surface area contributed by atoms with E-state index < -0.39 is 23.6 Å². The third-order valence-corrected chi connectivity index (χ3v) is 6.22. The van der Waals surface area contributed by atoms with Crippen molar-refractivity contribution in [3.05, 3.63) is 62.3 Å². The van der Waals surface area contributed by atoms with Crippen LogP contribution in [-0.2, 0) is 23.0 Å². The highest BCUT2D eigenvalue weighted by Gasteiger charge is 2.41. The van der Waals surface area contributed by atoms with Gasteiger partial charge in [0.1, 0.15) is 12.0 Å². The molecule has 2 aromatic rings. The van der Waals surface area contributed by atoms with Crippen molar-refractivity contribution in [3.63, 3.8) is 0 Å². The molecular weight excluding hydrogens is 384 g/mol. The number of rotatable bonds is 4. The van der Waals surface area contributed by atoms with Gasteiger partial charge in [-0.05, 0) is 25.3 Å². The van der Waals surface area contributed by atoms with E-state index in [1.807, 2.05) is 30.3 Å². The van der Waals surface area contributed by atoms with Crippen molar-refractivity contribution in [2.45, 2.75) is 57.6 Å². The summed E-state index contributed by atoms with van der Waals surface area (Å²) >= 11 is 0. The van der Waals surface area contributed by atoms with E-state index in [9.17, 15) is 14.4 Å². The number of carbonyl (C=O) groups excluding carboxylic acids is 1. The molecule has 2 heterocycles. The smallest absolute Gasteiger partial charge is 0.333 e. The maximum absolute atomic E-state index is 13.1. The van der Waals surface area contributed by atoms with Crippen LogP contribution in [-0.4, -0.2) is 21.7 Å². The average Bonchev–Trinajstić information content (AvgIpc) is 2.78. The predicted molar refractivity (Wildman–Crippen MR) is 112 cm³/mol. The van der Waals surface area contributed by atoms with Gasteiger partial charge in [0, 0.05) is 19.5 Å². The standard InChI is InChI=1S/C23H28N2O5/c1-3-29-22(27)17-14-18-20(26)24(2)23(28)25(16-12-8-5-9-13-16)21(18)30-19(17)15-10-6-4-7-11-15/h4,6-7,10-11,16-17,19H,3,5,8-9,12-14H2,1-2H3/t17-,19-/m0/s1. The van der Waals surface area contributed by atoms with E-state index in [0.717, 1.165) is 42.2 Å². The van der Waals surface area contributed by atoms with E-state index >= 15 is 0 Å². The second kappa shape index (κ2) is 8.50. The molecule has 1 aliphatic carbocycles. The van der Waals surface area contributed by atoms with Gasteiger partial charge in [0.05, 0.1) is 12.2 Å². The van der Waals surface area contributed by atoms with E-state index in [1.165, 1.54) is 7.05 Å². The number of ether oxygens (including phenoxy) is 2. The Hall–Kier alpha value is -2.83. The molecule has 1 fully saturated rings. The fraction of sp³-hybridized carbons (Fsp3) is 0.522. The molecule has 1 aliphatic heterocycles. The fourth-order valence-corrected chi connectivity index (χ4v) is 4.67. The third kappa shape index (κ3) is 3.57. The summed E-state index contributed by atoms with van der Waals surface area (Å²) in [5, 5.41) is 0. The van der Waals surface area contributed by atoms with Gasteiger partial charge >= 0.3 is 11.7 Å². The quantitative estimate of drug-likeness (QED) is 0.722. The van der Waals surface area contributed by atoms with Gasteiger partial charge in [-0.2, -0.15) is 0 Å². The monoisotopic (exact) mass is 412 g/mol. The largest absolute Gasteiger partial charge is 0.469 e. The zero-order valence-electron chi connectivity index (χ0n) is 17.5. The van der Waals surface area contributed by atoms with Crippen LogP contribution in [0.15, 0.2) is 39.9 Å². The third-order valence-electron chi connectivity index (χ3n) is 6.22. The van der Waals surface area contributed by atoms with Gasteiger partial charge in [-0.15, -0.1) is 0 Å². The van der Waals surface area contributed by atoms with Gasteiger partial charge in [0.2, 0.25) is 5.88 Å². The first kappa shape index (κ1) is 20.4. The van der Waals surface area contributed by atoms with E-state index in [1.54, 1.807) is 11.5 Å². The molecule has 160 valence electrons. The SMILES string of the molecule is CCOC(=O)[C@H]1Cc2c(n(C3CCCCC3)c(=O)n(C)c2=O)O[C@H]1c1ccccc1. The van der Waals surface area contributed by atoms with Crippen LogP contribution in [0.1, 0.15) is 62.3 Å². The van der Waals surface area contributed by atoms with Crippen LogP contribution in [0.4, 0.5) is 0 Å². The molecule has 0 spiro atoms. The van der Waals surface area contributed by atoms with Crippen LogP contribution >= 0.6 is 0 Å². The van der Waals surface area contributed by atoms with Crippen molar-refractivity contribution in [2.24, 2.45) is 13.0 Å². The van der Waals surface area contributed by atoms with Crippen LogP contribution in [0, 0.1) is 5.92 Å². The Morgan fingerprint density at radius 3 is 2.50 bits per heavy atom. The van der Waals surface area contributed by atoms with Crippen molar-refractivity contribution in [1.29, 1.82) is 0 Å². The lowest BCUT2D eigenvalue weighted by molar-refractivity contribution is -0.152. The summed E-state index contributed by atoms with van der Waals surface area (Å²) in [7, 11) is 1.49. The van der Waals surface area contributed by atoms with Crippen molar-refractivity contribution in [3.8, 4) is 5.88 Å². The van der Waals surface area contributed by atoms with Gasteiger partial charge in [0.25, 0.3) is 5.56 Å². The maximum Gasteiger partial charge on any atom is 0.333 e. The molecule has 1 aromatic heterocycles. The molecule has 1 saturated carbocycles. The van der Waals surface area contributed by atoms with E-state index in [0.29, 0.717) is 11.4 Å². The molecule has 30 heavy (non-hydrogen) atoms. The number of nitrogens with zero attached hydrogens (tertiary/aromatic N) is 2. The summed E-state index contributed by atoms with van der Waals surface area (Å²) in [6.07, 6.45) is 4.57. The number of hydrogen-bond acceptors (Lipinski definition) is 5. The summed E-state index contributed by atoms with van der Waals surface area (Å²) in [5.74, 6) is -0.719. The predicted octanol–water partition coefficient (Wildman–Crippen LogP) is 2.91.